The predicted octanol–water partition coefficient (Wildman–Crippen LogP) is 3.04. The van der Waals surface area contributed by atoms with Crippen molar-refractivity contribution in [1.29, 1.82) is 0 Å². The summed E-state index contributed by atoms with van der Waals surface area (Å²) in [6, 6.07) is 4.01. The lowest BCUT2D eigenvalue weighted by Crippen LogP contribution is -2.35. The summed E-state index contributed by atoms with van der Waals surface area (Å²) in [5.41, 5.74) is 5.89. The van der Waals surface area contributed by atoms with Crippen molar-refractivity contribution in [2.75, 3.05) is 6.54 Å². The van der Waals surface area contributed by atoms with Gasteiger partial charge in [0.15, 0.2) is 0 Å². The van der Waals surface area contributed by atoms with Crippen molar-refractivity contribution in [3.05, 3.63) is 34.0 Å². The highest BCUT2D eigenvalue weighted by atomic mass is 35.5. The SMILES string of the molecule is C=CCN(Cc1ccc(Cl)s1)C(=O)[C@@H]1CC[C@H](N)C1. The third-order valence-electron chi connectivity index (χ3n) is 3.46. The number of thiophene rings is 1. The van der Waals surface area contributed by atoms with Crippen molar-refractivity contribution in [2.45, 2.75) is 31.8 Å². The molecule has 3 nitrogen and oxygen atoms in total. The van der Waals surface area contributed by atoms with Crippen LogP contribution in [0.5, 0.6) is 0 Å². The molecular weight excluding hydrogens is 280 g/mol. The minimum atomic E-state index is 0.0744. The van der Waals surface area contributed by atoms with Crippen LogP contribution in [0.15, 0.2) is 24.8 Å². The minimum Gasteiger partial charge on any atom is -0.334 e. The summed E-state index contributed by atoms with van der Waals surface area (Å²) in [4.78, 5) is 15.4. The number of carbonyl (C=O) groups excluding carboxylic acids is 1. The molecule has 2 N–H and O–H groups in total. The maximum atomic E-state index is 12.5. The Bertz CT molecular complexity index is 460. The van der Waals surface area contributed by atoms with E-state index in [2.05, 4.69) is 6.58 Å². The number of rotatable bonds is 5. The average Bonchev–Trinajstić information content (AvgIpc) is 2.97. The molecule has 1 heterocycles. The number of nitrogens with two attached hydrogens (primary N) is 1. The zero-order valence-corrected chi connectivity index (χ0v) is 12.4. The van der Waals surface area contributed by atoms with E-state index >= 15 is 0 Å². The van der Waals surface area contributed by atoms with Gasteiger partial charge in [-0.2, -0.15) is 0 Å². The van der Waals surface area contributed by atoms with Crippen LogP contribution in [0.4, 0.5) is 0 Å². The first-order chi connectivity index (χ1) is 9.10. The first-order valence-electron chi connectivity index (χ1n) is 6.49. The number of amides is 1. The zero-order valence-electron chi connectivity index (χ0n) is 10.8. The number of carbonyl (C=O) groups is 1. The molecule has 0 saturated heterocycles. The van der Waals surface area contributed by atoms with E-state index < -0.39 is 0 Å². The normalized spacial score (nSPS) is 22.4. The first-order valence-corrected chi connectivity index (χ1v) is 7.69. The van der Waals surface area contributed by atoms with E-state index in [1.54, 1.807) is 6.08 Å². The van der Waals surface area contributed by atoms with E-state index in [-0.39, 0.29) is 17.9 Å². The molecular formula is C14H19ClN2OS. The standard InChI is InChI=1S/C14H19ClN2OS/c1-2-7-17(9-12-5-6-13(15)19-12)14(18)10-3-4-11(16)8-10/h2,5-6,10-11H,1,3-4,7-9,16H2/t10-,11+/m1/s1. The summed E-state index contributed by atoms with van der Waals surface area (Å²) in [5, 5.41) is 0. The molecule has 5 heteroatoms. The summed E-state index contributed by atoms with van der Waals surface area (Å²) in [7, 11) is 0. The van der Waals surface area contributed by atoms with Gasteiger partial charge in [0.2, 0.25) is 5.91 Å². The second kappa shape index (κ2) is 6.55. The van der Waals surface area contributed by atoms with Crippen LogP contribution in [-0.4, -0.2) is 23.4 Å². The molecule has 0 aromatic carbocycles. The van der Waals surface area contributed by atoms with Gasteiger partial charge in [0.05, 0.1) is 10.9 Å². The lowest BCUT2D eigenvalue weighted by atomic mass is 10.1. The van der Waals surface area contributed by atoms with Gasteiger partial charge in [-0.15, -0.1) is 17.9 Å². The number of hydrogen-bond acceptors (Lipinski definition) is 3. The molecule has 0 aliphatic heterocycles. The highest BCUT2D eigenvalue weighted by molar-refractivity contribution is 7.16. The van der Waals surface area contributed by atoms with Gasteiger partial charge >= 0.3 is 0 Å². The second-order valence-electron chi connectivity index (χ2n) is 4.98. The monoisotopic (exact) mass is 298 g/mol. The van der Waals surface area contributed by atoms with Gasteiger partial charge in [-0.25, -0.2) is 0 Å². The molecule has 2 rings (SSSR count). The van der Waals surface area contributed by atoms with Crippen LogP contribution in [0.2, 0.25) is 4.34 Å². The Hall–Kier alpha value is -0.840. The molecule has 1 aromatic rings. The van der Waals surface area contributed by atoms with Gasteiger partial charge in [-0.3, -0.25) is 4.79 Å². The van der Waals surface area contributed by atoms with Crippen molar-refractivity contribution in [3.63, 3.8) is 0 Å². The third kappa shape index (κ3) is 3.81. The minimum absolute atomic E-state index is 0.0744. The fraction of sp³-hybridized carbons (Fsp3) is 0.500. The average molecular weight is 299 g/mol. The molecule has 1 saturated carbocycles. The molecule has 0 unspecified atom stereocenters. The Morgan fingerprint density at radius 3 is 2.89 bits per heavy atom. The van der Waals surface area contributed by atoms with Crippen LogP contribution in [0, 0.1) is 5.92 Å². The van der Waals surface area contributed by atoms with Crippen LogP contribution >= 0.6 is 22.9 Å². The summed E-state index contributed by atoms with van der Waals surface area (Å²) in [6.45, 7) is 4.90. The molecule has 1 aliphatic rings. The maximum absolute atomic E-state index is 12.5. The molecule has 2 atom stereocenters. The maximum Gasteiger partial charge on any atom is 0.226 e. The van der Waals surface area contributed by atoms with Gasteiger partial charge in [0, 0.05) is 23.4 Å². The quantitative estimate of drug-likeness (QED) is 0.849. The number of nitrogens with zero attached hydrogens (tertiary/aromatic N) is 1. The highest BCUT2D eigenvalue weighted by Crippen LogP contribution is 2.28. The van der Waals surface area contributed by atoms with Crippen molar-refractivity contribution in [3.8, 4) is 0 Å². The summed E-state index contributed by atoms with van der Waals surface area (Å²) >= 11 is 7.44. The molecule has 19 heavy (non-hydrogen) atoms. The van der Waals surface area contributed by atoms with Crippen molar-refractivity contribution >= 4 is 28.8 Å². The van der Waals surface area contributed by atoms with Crippen molar-refractivity contribution in [2.24, 2.45) is 11.7 Å². The Morgan fingerprint density at radius 1 is 1.58 bits per heavy atom. The Morgan fingerprint density at radius 2 is 2.37 bits per heavy atom. The van der Waals surface area contributed by atoms with Crippen LogP contribution < -0.4 is 5.73 Å². The lowest BCUT2D eigenvalue weighted by Gasteiger charge is -2.24. The fourth-order valence-corrected chi connectivity index (χ4v) is 3.62. The van der Waals surface area contributed by atoms with Gasteiger partial charge < -0.3 is 10.6 Å². The zero-order chi connectivity index (χ0) is 13.8. The molecule has 0 bridgehead atoms. The van der Waals surface area contributed by atoms with E-state index in [1.165, 1.54) is 11.3 Å². The van der Waals surface area contributed by atoms with Gasteiger partial charge in [0.25, 0.3) is 0 Å². The predicted molar refractivity (Wildman–Crippen MR) is 80.3 cm³/mol. The molecule has 0 radical (unpaired) electrons. The molecule has 0 spiro atoms. The van der Waals surface area contributed by atoms with E-state index in [0.29, 0.717) is 13.1 Å². The van der Waals surface area contributed by atoms with Gasteiger partial charge in [-0.1, -0.05) is 17.7 Å². The van der Waals surface area contributed by atoms with Crippen LogP contribution in [-0.2, 0) is 11.3 Å². The summed E-state index contributed by atoms with van der Waals surface area (Å²) < 4.78 is 0.754. The Kier molecular flexibility index (Phi) is 5.02. The van der Waals surface area contributed by atoms with Crippen LogP contribution in [0.25, 0.3) is 0 Å². The summed E-state index contributed by atoms with van der Waals surface area (Å²) in [6.07, 6.45) is 4.42. The Balaban J connectivity index is 2.02. The summed E-state index contributed by atoms with van der Waals surface area (Å²) in [5.74, 6) is 0.266. The Labute approximate surface area is 123 Å². The van der Waals surface area contributed by atoms with E-state index in [0.717, 1.165) is 28.5 Å². The van der Waals surface area contributed by atoms with E-state index in [4.69, 9.17) is 17.3 Å². The van der Waals surface area contributed by atoms with Crippen LogP contribution in [0.3, 0.4) is 0 Å². The van der Waals surface area contributed by atoms with Crippen molar-refractivity contribution < 1.29 is 4.79 Å². The van der Waals surface area contributed by atoms with Crippen LogP contribution in [0.1, 0.15) is 24.1 Å². The fourth-order valence-electron chi connectivity index (χ4n) is 2.51. The molecule has 1 aliphatic carbocycles. The molecule has 1 fully saturated rings. The molecule has 1 aromatic heterocycles. The number of halogens is 1. The second-order valence-corrected chi connectivity index (χ2v) is 6.78. The third-order valence-corrected chi connectivity index (χ3v) is 4.68. The highest BCUT2D eigenvalue weighted by Gasteiger charge is 2.30. The lowest BCUT2D eigenvalue weighted by molar-refractivity contribution is -0.135. The largest absolute Gasteiger partial charge is 0.334 e. The van der Waals surface area contributed by atoms with Gasteiger partial charge in [0.1, 0.15) is 0 Å². The topological polar surface area (TPSA) is 46.3 Å². The van der Waals surface area contributed by atoms with E-state index in [1.807, 2.05) is 17.0 Å². The van der Waals surface area contributed by atoms with Gasteiger partial charge in [-0.05, 0) is 31.4 Å². The molecule has 104 valence electrons. The number of hydrogen-bond donors (Lipinski definition) is 1. The first kappa shape index (κ1) is 14.6. The van der Waals surface area contributed by atoms with Crippen molar-refractivity contribution in [1.82, 2.24) is 4.90 Å². The van der Waals surface area contributed by atoms with E-state index in [9.17, 15) is 4.79 Å². The smallest absolute Gasteiger partial charge is 0.226 e. The molecule has 1 amide bonds.